The number of hydrogen-bond acceptors (Lipinski definition) is 3. The van der Waals surface area contributed by atoms with Gasteiger partial charge in [-0.2, -0.15) is 0 Å². The minimum Gasteiger partial charge on any atom is -0.496 e. The van der Waals surface area contributed by atoms with Gasteiger partial charge in [0.25, 0.3) is 0 Å². The quantitative estimate of drug-likeness (QED) is 0.448. The SMILES string of the molecule is COc1cc(C)c(C(NN)c2cc(Cl)ccc2I)cc1C. The second-order valence-electron chi connectivity index (χ2n) is 4.94. The first-order valence-electron chi connectivity index (χ1n) is 6.54. The molecule has 0 heterocycles. The van der Waals surface area contributed by atoms with E-state index in [-0.39, 0.29) is 6.04 Å². The summed E-state index contributed by atoms with van der Waals surface area (Å²) in [5.74, 6) is 6.70. The minimum absolute atomic E-state index is 0.111. The Kier molecular flexibility index (Phi) is 5.48. The van der Waals surface area contributed by atoms with Crippen molar-refractivity contribution in [3.8, 4) is 5.75 Å². The monoisotopic (exact) mass is 416 g/mol. The molecule has 0 saturated carbocycles. The molecule has 21 heavy (non-hydrogen) atoms. The first-order chi connectivity index (χ1) is 9.97. The Labute approximate surface area is 143 Å². The van der Waals surface area contributed by atoms with E-state index in [2.05, 4.69) is 41.0 Å². The van der Waals surface area contributed by atoms with Gasteiger partial charge in [0.15, 0.2) is 0 Å². The fourth-order valence-corrected chi connectivity index (χ4v) is 3.25. The fourth-order valence-electron chi connectivity index (χ4n) is 2.43. The first-order valence-corrected chi connectivity index (χ1v) is 7.99. The van der Waals surface area contributed by atoms with Gasteiger partial charge in [0.2, 0.25) is 0 Å². The summed E-state index contributed by atoms with van der Waals surface area (Å²) >= 11 is 8.43. The summed E-state index contributed by atoms with van der Waals surface area (Å²) in [7, 11) is 1.68. The van der Waals surface area contributed by atoms with Crippen LogP contribution in [0.2, 0.25) is 5.02 Å². The lowest BCUT2D eigenvalue weighted by Gasteiger charge is -2.22. The lowest BCUT2D eigenvalue weighted by atomic mass is 9.93. The van der Waals surface area contributed by atoms with Gasteiger partial charge in [-0.15, -0.1) is 0 Å². The minimum atomic E-state index is -0.111. The number of hydrogen-bond donors (Lipinski definition) is 2. The van der Waals surface area contributed by atoms with Crippen LogP contribution in [0.1, 0.15) is 28.3 Å². The standard InChI is InChI=1S/C16H18ClIN2O/c1-9-7-15(21-3)10(2)6-12(9)16(20-19)13-8-11(17)4-5-14(13)18/h4-8,16,20H,19H2,1-3H3. The van der Waals surface area contributed by atoms with Crippen molar-refractivity contribution in [2.75, 3.05) is 7.11 Å². The predicted octanol–water partition coefficient (Wildman–Crippen LogP) is 4.12. The predicted molar refractivity (Wildman–Crippen MR) is 95.8 cm³/mol. The van der Waals surface area contributed by atoms with Crippen molar-refractivity contribution >= 4 is 34.2 Å². The van der Waals surface area contributed by atoms with E-state index in [0.717, 1.165) is 31.6 Å². The maximum atomic E-state index is 6.13. The summed E-state index contributed by atoms with van der Waals surface area (Å²) in [6.07, 6.45) is 0. The third kappa shape index (κ3) is 3.51. The van der Waals surface area contributed by atoms with Crippen molar-refractivity contribution in [2.24, 2.45) is 5.84 Å². The Bertz CT molecular complexity index is 661. The van der Waals surface area contributed by atoms with Crippen molar-refractivity contribution < 1.29 is 4.74 Å². The van der Waals surface area contributed by atoms with E-state index in [1.54, 1.807) is 7.11 Å². The third-order valence-corrected chi connectivity index (χ3v) is 4.75. The molecule has 0 aromatic heterocycles. The van der Waals surface area contributed by atoms with E-state index >= 15 is 0 Å². The number of hydrazine groups is 1. The van der Waals surface area contributed by atoms with Crippen LogP contribution in [0.25, 0.3) is 0 Å². The highest BCUT2D eigenvalue weighted by atomic mass is 127. The molecule has 1 unspecified atom stereocenters. The Morgan fingerprint density at radius 2 is 1.86 bits per heavy atom. The largest absolute Gasteiger partial charge is 0.496 e. The van der Waals surface area contributed by atoms with Crippen LogP contribution in [-0.2, 0) is 0 Å². The molecular weight excluding hydrogens is 399 g/mol. The second kappa shape index (κ2) is 6.96. The zero-order chi connectivity index (χ0) is 15.6. The van der Waals surface area contributed by atoms with Gasteiger partial charge in [0.1, 0.15) is 5.75 Å². The summed E-state index contributed by atoms with van der Waals surface area (Å²) in [6, 6.07) is 9.86. The van der Waals surface area contributed by atoms with Crippen molar-refractivity contribution in [2.45, 2.75) is 19.9 Å². The highest BCUT2D eigenvalue weighted by molar-refractivity contribution is 14.1. The molecule has 0 aliphatic heterocycles. The van der Waals surface area contributed by atoms with Crippen molar-refractivity contribution in [3.63, 3.8) is 0 Å². The Balaban J connectivity index is 2.56. The van der Waals surface area contributed by atoms with Gasteiger partial charge in [-0.05, 0) is 83.0 Å². The molecule has 0 aliphatic rings. The molecule has 2 rings (SSSR count). The summed E-state index contributed by atoms with van der Waals surface area (Å²) in [5.41, 5.74) is 7.29. The van der Waals surface area contributed by atoms with Crippen LogP contribution in [0.15, 0.2) is 30.3 Å². The molecule has 3 N–H and O–H groups in total. The van der Waals surface area contributed by atoms with Crippen molar-refractivity contribution in [3.05, 3.63) is 61.2 Å². The number of methoxy groups -OCH3 is 1. The van der Waals surface area contributed by atoms with E-state index in [1.807, 2.05) is 31.2 Å². The van der Waals surface area contributed by atoms with Crippen molar-refractivity contribution in [1.82, 2.24) is 5.43 Å². The van der Waals surface area contributed by atoms with Crippen LogP contribution in [0.3, 0.4) is 0 Å². The Morgan fingerprint density at radius 1 is 1.14 bits per heavy atom. The first kappa shape index (κ1) is 16.5. The smallest absolute Gasteiger partial charge is 0.122 e. The maximum Gasteiger partial charge on any atom is 0.122 e. The zero-order valence-electron chi connectivity index (χ0n) is 12.2. The van der Waals surface area contributed by atoms with Crippen LogP contribution in [0, 0.1) is 17.4 Å². The van der Waals surface area contributed by atoms with Gasteiger partial charge in [-0.3, -0.25) is 5.84 Å². The average molecular weight is 417 g/mol. The molecule has 112 valence electrons. The molecule has 0 radical (unpaired) electrons. The lowest BCUT2D eigenvalue weighted by Crippen LogP contribution is -2.30. The number of nitrogens with two attached hydrogens (primary N) is 1. The van der Waals surface area contributed by atoms with E-state index in [0.29, 0.717) is 5.02 Å². The second-order valence-corrected chi connectivity index (χ2v) is 6.54. The molecule has 0 saturated heterocycles. The molecule has 0 amide bonds. The summed E-state index contributed by atoms with van der Waals surface area (Å²) in [6.45, 7) is 4.08. The third-order valence-electron chi connectivity index (χ3n) is 3.53. The molecule has 0 spiro atoms. The average Bonchev–Trinajstić information content (AvgIpc) is 2.46. The van der Waals surface area contributed by atoms with E-state index in [1.165, 1.54) is 0 Å². The molecule has 5 heteroatoms. The van der Waals surface area contributed by atoms with Crippen LogP contribution in [0.4, 0.5) is 0 Å². The van der Waals surface area contributed by atoms with Gasteiger partial charge in [0, 0.05) is 8.59 Å². The number of nitrogens with one attached hydrogen (secondary N) is 1. The lowest BCUT2D eigenvalue weighted by molar-refractivity contribution is 0.411. The Morgan fingerprint density at radius 3 is 2.48 bits per heavy atom. The molecule has 0 fully saturated rings. The molecule has 0 bridgehead atoms. The van der Waals surface area contributed by atoms with Gasteiger partial charge in [-0.25, -0.2) is 5.43 Å². The van der Waals surface area contributed by atoms with Crippen molar-refractivity contribution in [1.29, 1.82) is 0 Å². The number of halogens is 2. The van der Waals surface area contributed by atoms with Crippen LogP contribution < -0.4 is 16.0 Å². The summed E-state index contributed by atoms with van der Waals surface area (Å²) in [4.78, 5) is 0. The summed E-state index contributed by atoms with van der Waals surface area (Å²) < 4.78 is 6.49. The maximum absolute atomic E-state index is 6.13. The molecule has 2 aromatic carbocycles. The van der Waals surface area contributed by atoms with Crippen LogP contribution >= 0.6 is 34.2 Å². The summed E-state index contributed by atoms with van der Waals surface area (Å²) in [5, 5.41) is 0.702. The highest BCUT2D eigenvalue weighted by Crippen LogP contribution is 2.33. The van der Waals surface area contributed by atoms with E-state index < -0.39 is 0 Å². The van der Waals surface area contributed by atoms with Gasteiger partial charge >= 0.3 is 0 Å². The van der Waals surface area contributed by atoms with Gasteiger partial charge in [0.05, 0.1) is 13.2 Å². The van der Waals surface area contributed by atoms with E-state index in [4.69, 9.17) is 22.2 Å². The molecule has 0 aliphatic carbocycles. The molecule has 1 atom stereocenters. The highest BCUT2D eigenvalue weighted by Gasteiger charge is 2.19. The molecular formula is C16H18ClIN2O. The van der Waals surface area contributed by atoms with Gasteiger partial charge < -0.3 is 4.74 Å². The Hall–Kier alpha value is -0.820. The number of benzene rings is 2. The number of aryl methyl sites for hydroxylation is 2. The molecule has 2 aromatic rings. The number of ether oxygens (including phenoxy) is 1. The van der Waals surface area contributed by atoms with Gasteiger partial charge in [-0.1, -0.05) is 17.7 Å². The molecule has 3 nitrogen and oxygen atoms in total. The number of rotatable bonds is 4. The zero-order valence-corrected chi connectivity index (χ0v) is 15.1. The topological polar surface area (TPSA) is 47.3 Å². The van der Waals surface area contributed by atoms with Crippen LogP contribution in [0.5, 0.6) is 5.75 Å². The fraction of sp³-hybridized carbons (Fsp3) is 0.250. The normalized spacial score (nSPS) is 12.3. The van der Waals surface area contributed by atoms with E-state index in [9.17, 15) is 0 Å². The van der Waals surface area contributed by atoms with Crippen LogP contribution in [-0.4, -0.2) is 7.11 Å².